The number of amides is 2. The zero-order valence-corrected chi connectivity index (χ0v) is 12.7. The van der Waals surface area contributed by atoms with Crippen molar-refractivity contribution >= 4 is 17.8 Å². The number of benzene rings is 2. The third kappa shape index (κ3) is 2.72. The average Bonchev–Trinajstić information content (AvgIpc) is 2.84. The molecular formula is C17H13NO6. The monoisotopic (exact) mass is 327 g/mol. The Kier molecular flexibility index (Phi) is 4.01. The van der Waals surface area contributed by atoms with E-state index >= 15 is 0 Å². The molecule has 24 heavy (non-hydrogen) atoms. The molecule has 0 spiro atoms. The van der Waals surface area contributed by atoms with Gasteiger partial charge < -0.3 is 9.84 Å². The number of hydrogen-bond acceptors (Lipinski definition) is 5. The number of carboxylic acid groups (broad SMARTS) is 1. The third-order valence-electron chi connectivity index (χ3n) is 3.62. The van der Waals surface area contributed by atoms with Gasteiger partial charge >= 0.3 is 5.97 Å². The Labute approximate surface area is 137 Å². The van der Waals surface area contributed by atoms with Crippen LogP contribution in [0.2, 0.25) is 0 Å². The molecule has 1 heterocycles. The first-order valence-electron chi connectivity index (χ1n) is 7.03. The second kappa shape index (κ2) is 6.13. The van der Waals surface area contributed by atoms with E-state index in [2.05, 4.69) is 0 Å². The number of imide groups is 1. The fourth-order valence-corrected chi connectivity index (χ4v) is 2.33. The molecule has 7 heteroatoms. The Morgan fingerprint density at radius 2 is 1.71 bits per heavy atom. The van der Waals surface area contributed by atoms with E-state index in [9.17, 15) is 14.4 Å². The van der Waals surface area contributed by atoms with Crippen molar-refractivity contribution in [2.45, 2.75) is 6.61 Å². The quantitative estimate of drug-likeness (QED) is 0.846. The van der Waals surface area contributed by atoms with Gasteiger partial charge in [0.05, 0.1) is 23.8 Å². The fraction of sp³-hybridized carbons (Fsp3) is 0.118. The van der Waals surface area contributed by atoms with Crippen LogP contribution in [0.4, 0.5) is 0 Å². The number of methoxy groups -OCH3 is 1. The lowest BCUT2D eigenvalue weighted by Gasteiger charge is -2.13. The van der Waals surface area contributed by atoms with E-state index in [1.54, 1.807) is 31.4 Å². The molecule has 0 saturated carbocycles. The number of ether oxygens (including phenoxy) is 1. The molecule has 7 nitrogen and oxygen atoms in total. The number of aromatic carboxylic acids is 1. The van der Waals surface area contributed by atoms with Crippen molar-refractivity contribution in [3.63, 3.8) is 0 Å². The molecule has 0 atom stereocenters. The van der Waals surface area contributed by atoms with Crippen LogP contribution in [0, 0.1) is 0 Å². The molecule has 0 aliphatic carbocycles. The van der Waals surface area contributed by atoms with Gasteiger partial charge in [0.15, 0.2) is 0 Å². The number of carboxylic acids is 1. The highest BCUT2D eigenvalue weighted by Crippen LogP contribution is 2.25. The predicted molar refractivity (Wildman–Crippen MR) is 81.7 cm³/mol. The van der Waals surface area contributed by atoms with Crippen LogP contribution < -0.4 is 4.74 Å². The molecule has 0 radical (unpaired) electrons. The van der Waals surface area contributed by atoms with Crippen molar-refractivity contribution in [2.75, 3.05) is 7.11 Å². The van der Waals surface area contributed by atoms with E-state index in [-0.39, 0.29) is 23.3 Å². The number of nitrogens with zero attached hydrogens (tertiary/aromatic N) is 1. The number of fused-ring (bicyclic) bond motifs is 1. The molecule has 1 aliphatic rings. The zero-order valence-electron chi connectivity index (χ0n) is 12.7. The standard InChI is InChI=1S/C17H13NO6/c1-23-12-5-2-10(3-6-12)9-24-18-15(19)13-7-4-11(17(21)22)8-14(13)16(18)20/h2-8H,9H2,1H3,(H,21,22). The van der Waals surface area contributed by atoms with Crippen molar-refractivity contribution < 1.29 is 29.1 Å². The van der Waals surface area contributed by atoms with Crippen LogP contribution in [0.25, 0.3) is 0 Å². The topological polar surface area (TPSA) is 93.1 Å². The lowest BCUT2D eigenvalue weighted by atomic mass is 10.1. The Hall–Kier alpha value is -3.19. The van der Waals surface area contributed by atoms with Gasteiger partial charge in [-0.2, -0.15) is 0 Å². The SMILES string of the molecule is COc1ccc(CON2C(=O)c3ccc(C(=O)O)cc3C2=O)cc1. The first kappa shape index (κ1) is 15.7. The van der Waals surface area contributed by atoms with Crippen molar-refractivity contribution in [1.82, 2.24) is 5.06 Å². The van der Waals surface area contributed by atoms with Gasteiger partial charge in [-0.05, 0) is 35.9 Å². The van der Waals surface area contributed by atoms with Crippen LogP contribution in [0.3, 0.4) is 0 Å². The molecule has 1 aliphatic heterocycles. The molecule has 122 valence electrons. The summed E-state index contributed by atoms with van der Waals surface area (Å²) >= 11 is 0. The highest BCUT2D eigenvalue weighted by atomic mass is 16.7. The Morgan fingerprint density at radius 3 is 2.33 bits per heavy atom. The summed E-state index contributed by atoms with van der Waals surface area (Å²) in [5.41, 5.74) is 0.833. The Balaban J connectivity index is 1.76. The minimum absolute atomic E-state index is 0.0151. The van der Waals surface area contributed by atoms with E-state index < -0.39 is 17.8 Å². The molecule has 0 fully saturated rings. The summed E-state index contributed by atoms with van der Waals surface area (Å²) in [6, 6.07) is 10.7. The molecule has 2 amide bonds. The van der Waals surface area contributed by atoms with E-state index in [4.69, 9.17) is 14.7 Å². The number of carbonyl (C=O) groups excluding carboxylic acids is 2. The van der Waals surface area contributed by atoms with Gasteiger partial charge in [-0.25, -0.2) is 4.79 Å². The number of carbonyl (C=O) groups is 3. The minimum Gasteiger partial charge on any atom is -0.497 e. The summed E-state index contributed by atoms with van der Waals surface area (Å²) in [5.74, 6) is -1.77. The molecule has 2 aromatic rings. The van der Waals surface area contributed by atoms with Crippen LogP contribution in [-0.4, -0.2) is 35.1 Å². The van der Waals surface area contributed by atoms with Gasteiger partial charge in [-0.15, -0.1) is 5.06 Å². The maximum absolute atomic E-state index is 12.3. The minimum atomic E-state index is -1.17. The average molecular weight is 327 g/mol. The third-order valence-corrected chi connectivity index (χ3v) is 3.62. The van der Waals surface area contributed by atoms with Gasteiger partial charge in [0.25, 0.3) is 11.8 Å². The van der Waals surface area contributed by atoms with E-state index in [0.717, 1.165) is 5.56 Å². The fourth-order valence-electron chi connectivity index (χ4n) is 2.33. The molecule has 0 saturated heterocycles. The maximum Gasteiger partial charge on any atom is 0.335 e. The maximum atomic E-state index is 12.3. The van der Waals surface area contributed by atoms with Gasteiger partial charge in [0.1, 0.15) is 12.4 Å². The van der Waals surface area contributed by atoms with Crippen LogP contribution in [0.15, 0.2) is 42.5 Å². The smallest absolute Gasteiger partial charge is 0.335 e. The van der Waals surface area contributed by atoms with Crippen LogP contribution in [0.5, 0.6) is 5.75 Å². The molecule has 3 rings (SSSR count). The highest BCUT2D eigenvalue weighted by molar-refractivity contribution is 6.21. The highest BCUT2D eigenvalue weighted by Gasteiger charge is 2.37. The van der Waals surface area contributed by atoms with Crippen molar-refractivity contribution in [3.05, 3.63) is 64.7 Å². The summed E-state index contributed by atoms with van der Waals surface area (Å²) in [5, 5.41) is 9.63. The summed E-state index contributed by atoms with van der Waals surface area (Å²) in [4.78, 5) is 40.8. The van der Waals surface area contributed by atoms with E-state index in [1.165, 1.54) is 18.2 Å². The van der Waals surface area contributed by atoms with Crippen LogP contribution in [-0.2, 0) is 11.4 Å². The van der Waals surface area contributed by atoms with Crippen LogP contribution >= 0.6 is 0 Å². The largest absolute Gasteiger partial charge is 0.497 e. The summed E-state index contributed by atoms with van der Waals surface area (Å²) < 4.78 is 5.05. The van der Waals surface area contributed by atoms with Crippen molar-refractivity contribution in [2.24, 2.45) is 0 Å². The first-order chi connectivity index (χ1) is 11.5. The molecule has 2 aromatic carbocycles. The second-order valence-corrected chi connectivity index (χ2v) is 5.09. The summed E-state index contributed by atoms with van der Waals surface area (Å²) in [7, 11) is 1.55. The predicted octanol–water partition coefficient (Wildman–Crippen LogP) is 2.12. The molecule has 1 N–H and O–H groups in total. The first-order valence-corrected chi connectivity index (χ1v) is 7.03. The number of rotatable bonds is 5. The van der Waals surface area contributed by atoms with Crippen LogP contribution in [0.1, 0.15) is 36.6 Å². The molecule has 0 bridgehead atoms. The second-order valence-electron chi connectivity index (χ2n) is 5.09. The van der Waals surface area contributed by atoms with Gasteiger partial charge in [0, 0.05) is 0 Å². The Bertz CT molecular complexity index is 827. The molecule has 0 aromatic heterocycles. The number of hydroxylamine groups is 2. The zero-order chi connectivity index (χ0) is 17.3. The summed E-state index contributed by atoms with van der Waals surface area (Å²) in [6.45, 7) is 0.0151. The molecule has 0 unspecified atom stereocenters. The van der Waals surface area contributed by atoms with E-state index in [1.807, 2.05) is 0 Å². The van der Waals surface area contributed by atoms with Gasteiger partial charge in [-0.1, -0.05) is 12.1 Å². The van der Waals surface area contributed by atoms with Crippen molar-refractivity contribution in [3.8, 4) is 5.75 Å². The van der Waals surface area contributed by atoms with E-state index in [0.29, 0.717) is 10.8 Å². The molecular weight excluding hydrogens is 314 g/mol. The number of hydrogen-bond donors (Lipinski definition) is 1. The van der Waals surface area contributed by atoms with Crippen molar-refractivity contribution in [1.29, 1.82) is 0 Å². The van der Waals surface area contributed by atoms with Gasteiger partial charge in [0.2, 0.25) is 0 Å². The summed E-state index contributed by atoms with van der Waals surface area (Å²) in [6.07, 6.45) is 0. The lowest BCUT2D eigenvalue weighted by Crippen LogP contribution is -2.29. The Morgan fingerprint density at radius 1 is 1.04 bits per heavy atom. The lowest BCUT2D eigenvalue weighted by molar-refractivity contribution is -0.101. The van der Waals surface area contributed by atoms with Gasteiger partial charge in [-0.3, -0.25) is 14.4 Å². The normalized spacial score (nSPS) is 13.1.